The summed E-state index contributed by atoms with van der Waals surface area (Å²) in [4.78, 5) is 12.0. The van der Waals surface area contributed by atoms with Gasteiger partial charge in [-0.2, -0.15) is 0 Å². The van der Waals surface area contributed by atoms with Gasteiger partial charge in [-0.1, -0.05) is 54.1 Å². The molecular weight excluding hydrogens is 284 g/mol. The summed E-state index contributed by atoms with van der Waals surface area (Å²) in [5.41, 5.74) is 1.42. The molecule has 2 nitrogen and oxygen atoms in total. The summed E-state index contributed by atoms with van der Waals surface area (Å²) in [6.45, 7) is 0.246. The van der Waals surface area contributed by atoms with Crippen LogP contribution in [-0.2, 0) is 11.3 Å². The third kappa shape index (κ3) is 3.23. The van der Waals surface area contributed by atoms with Gasteiger partial charge in [-0.05, 0) is 40.6 Å². The molecule has 0 unspecified atom stereocenters. The van der Waals surface area contributed by atoms with Gasteiger partial charge in [0.15, 0.2) is 0 Å². The van der Waals surface area contributed by atoms with Crippen molar-refractivity contribution in [2.45, 2.75) is 6.61 Å². The molecule has 0 amide bonds. The van der Waals surface area contributed by atoms with Crippen LogP contribution in [0.15, 0.2) is 66.7 Å². The van der Waals surface area contributed by atoms with Crippen molar-refractivity contribution in [2.75, 3.05) is 0 Å². The van der Waals surface area contributed by atoms with E-state index in [-0.39, 0.29) is 12.6 Å². The lowest BCUT2D eigenvalue weighted by Gasteiger charge is -2.06. The third-order valence-corrected chi connectivity index (χ3v) is 3.48. The molecule has 3 aromatic rings. The van der Waals surface area contributed by atoms with Crippen molar-refractivity contribution in [3.63, 3.8) is 0 Å². The number of halogens is 1. The van der Waals surface area contributed by atoms with Crippen molar-refractivity contribution in [2.24, 2.45) is 0 Å². The van der Waals surface area contributed by atoms with E-state index in [0.29, 0.717) is 10.6 Å². The van der Waals surface area contributed by atoms with E-state index in [0.717, 1.165) is 10.9 Å². The molecule has 104 valence electrons. The van der Waals surface area contributed by atoms with Crippen LogP contribution in [0.25, 0.3) is 10.8 Å². The first-order chi connectivity index (χ1) is 10.2. The number of carbonyl (C=O) groups excluding carboxylic acids is 1. The molecule has 3 heteroatoms. The summed E-state index contributed by atoms with van der Waals surface area (Å²) in [7, 11) is 0. The van der Waals surface area contributed by atoms with Crippen LogP contribution in [0.5, 0.6) is 0 Å². The maximum absolute atomic E-state index is 12.0. The van der Waals surface area contributed by atoms with Crippen molar-refractivity contribution in [1.29, 1.82) is 0 Å². The molecule has 3 rings (SSSR count). The van der Waals surface area contributed by atoms with E-state index in [9.17, 15) is 4.79 Å². The van der Waals surface area contributed by atoms with Gasteiger partial charge in [0, 0.05) is 5.02 Å². The highest BCUT2D eigenvalue weighted by atomic mass is 35.5. The first kappa shape index (κ1) is 13.7. The molecule has 0 fully saturated rings. The van der Waals surface area contributed by atoms with Crippen LogP contribution in [0, 0.1) is 0 Å². The first-order valence-electron chi connectivity index (χ1n) is 6.63. The molecule has 0 saturated heterocycles. The topological polar surface area (TPSA) is 26.3 Å². The average Bonchev–Trinajstić information content (AvgIpc) is 2.52. The van der Waals surface area contributed by atoms with Gasteiger partial charge in [-0.25, -0.2) is 4.79 Å². The Bertz CT molecular complexity index is 796. The molecule has 0 spiro atoms. The number of carbonyl (C=O) groups is 1. The minimum absolute atomic E-state index is 0.246. The van der Waals surface area contributed by atoms with Gasteiger partial charge in [-0.3, -0.25) is 0 Å². The van der Waals surface area contributed by atoms with Gasteiger partial charge in [0.25, 0.3) is 0 Å². The zero-order valence-corrected chi connectivity index (χ0v) is 12.0. The Kier molecular flexibility index (Phi) is 3.89. The largest absolute Gasteiger partial charge is 0.457 e. The van der Waals surface area contributed by atoms with E-state index in [4.69, 9.17) is 16.3 Å². The fourth-order valence-electron chi connectivity index (χ4n) is 2.18. The molecule has 21 heavy (non-hydrogen) atoms. The van der Waals surface area contributed by atoms with Crippen LogP contribution in [0.3, 0.4) is 0 Å². The van der Waals surface area contributed by atoms with Gasteiger partial charge >= 0.3 is 5.97 Å². The van der Waals surface area contributed by atoms with Crippen molar-refractivity contribution in [1.82, 2.24) is 0 Å². The van der Waals surface area contributed by atoms with Gasteiger partial charge in [0.1, 0.15) is 6.61 Å². The number of hydrogen-bond donors (Lipinski definition) is 0. The Morgan fingerprint density at radius 3 is 2.52 bits per heavy atom. The first-order valence-corrected chi connectivity index (χ1v) is 7.00. The molecule has 0 heterocycles. The van der Waals surface area contributed by atoms with Crippen molar-refractivity contribution in [3.8, 4) is 0 Å². The van der Waals surface area contributed by atoms with E-state index >= 15 is 0 Å². The Hall–Kier alpha value is -2.32. The van der Waals surface area contributed by atoms with Crippen LogP contribution < -0.4 is 0 Å². The molecular formula is C18H13ClO2. The number of esters is 1. The quantitative estimate of drug-likeness (QED) is 0.646. The normalized spacial score (nSPS) is 10.5. The monoisotopic (exact) mass is 296 g/mol. The second-order valence-corrected chi connectivity index (χ2v) is 5.20. The highest BCUT2D eigenvalue weighted by molar-refractivity contribution is 6.30. The summed E-state index contributed by atoms with van der Waals surface area (Å²) in [6.07, 6.45) is 0. The Labute approximate surface area is 127 Å². The second kappa shape index (κ2) is 5.98. The van der Waals surface area contributed by atoms with Crippen molar-refractivity contribution < 1.29 is 9.53 Å². The third-order valence-electron chi connectivity index (χ3n) is 3.24. The summed E-state index contributed by atoms with van der Waals surface area (Å²) in [5, 5.41) is 2.83. The predicted octanol–water partition coefficient (Wildman–Crippen LogP) is 4.85. The predicted molar refractivity (Wildman–Crippen MR) is 84.5 cm³/mol. The number of fused-ring (bicyclic) bond motifs is 1. The Balaban J connectivity index is 1.72. The zero-order valence-electron chi connectivity index (χ0n) is 11.3. The summed E-state index contributed by atoms with van der Waals surface area (Å²) < 4.78 is 5.32. The summed E-state index contributed by atoms with van der Waals surface area (Å²) in [6, 6.07) is 20.8. The molecule has 0 aliphatic rings. The van der Waals surface area contributed by atoms with Crippen LogP contribution >= 0.6 is 11.6 Å². The number of rotatable bonds is 3. The molecule has 0 aliphatic carbocycles. The maximum atomic E-state index is 12.0. The van der Waals surface area contributed by atoms with Gasteiger partial charge < -0.3 is 4.74 Å². The molecule has 0 aliphatic heterocycles. The highest BCUT2D eigenvalue weighted by Crippen LogP contribution is 2.17. The van der Waals surface area contributed by atoms with E-state index in [1.54, 1.807) is 24.3 Å². The Morgan fingerprint density at radius 2 is 1.71 bits per heavy atom. The molecule has 0 N–H and O–H groups in total. The SMILES string of the molecule is O=C(OCc1ccc2ccccc2c1)c1cccc(Cl)c1. The lowest BCUT2D eigenvalue weighted by Crippen LogP contribution is -2.05. The minimum atomic E-state index is -0.370. The molecule has 0 saturated carbocycles. The molecule has 0 atom stereocenters. The lowest BCUT2D eigenvalue weighted by atomic mass is 10.1. The maximum Gasteiger partial charge on any atom is 0.338 e. The summed E-state index contributed by atoms with van der Waals surface area (Å²) >= 11 is 5.86. The van der Waals surface area contributed by atoms with Crippen LogP contribution in [0.2, 0.25) is 5.02 Å². The van der Waals surface area contributed by atoms with Gasteiger partial charge in [0.2, 0.25) is 0 Å². The van der Waals surface area contributed by atoms with Crippen LogP contribution in [0.4, 0.5) is 0 Å². The van der Waals surface area contributed by atoms with Crippen molar-refractivity contribution in [3.05, 3.63) is 82.9 Å². The molecule has 0 aromatic heterocycles. The number of benzene rings is 3. The van der Waals surface area contributed by atoms with Crippen LogP contribution in [0.1, 0.15) is 15.9 Å². The zero-order chi connectivity index (χ0) is 14.7. The highest BCUT2D eigenvalue weighted by Gasteiger charge is 2.07. The fraction of sp³-hybridized carbons (Fsp3) is 0.0556. The molecule has 3 aromatic carbocycles. The molecule has 0 radical (unpaired) electrons. The minimum Gasteiger partial charge on any atom is -0.457 e. The smallest absolute Gasteiger partial charge is 0.338 e. The number of ether oxygens (including phenoxy) is 1. The van der Waals surface area contributed by atoms with E-state index in [1.165, 1.54) is 5.39 Å². The van der Waals surface area contributed by atoms with Gasteiger partial charge in [-0.15, -0.1) is 0 Å². The van der Waals surface area contributed by atoms with E-state index in [1.807, 2.05) is 36.4 Å². The van der Waals surface area contributed by atoms with E-state index < -0.39 is 0 Å². The number of hydrogen-bond acceptors (Lipinski definition) is 2. The Morgan fingerprint density at radius 1 is 0.905 bits per heavy atom. The average molecular weight is 297 g/mol. The molecule has 0 bridgehead atoms. The van der Waals surface area contributed by atoms with E-state index in [2.05, 4.69) is 6.07 Å². The van der Waals surface area contributed by atoms with Gasteiger partial charge in [0.05, 0.1) is 5.56 Å². The van der Waals surface area contributed by atoms with Crippen molar-refractivity contribution >= 4 is 28.3 Å². The summed E-state index contributed by atoms with van der Waals surface area (Å²) in [5.74, 6) is -0.370. The standard InChI is InChI=1S/C18H13ClO2/c19-17-7-3-6-16(11-17)18(20)21-12-13-8-9-14-4-1-2-5-15(14)10-13/h1-11H,12H2. The van der Waals surface area contributed by atoms with Crippen LogP contribution in [-0.4, -0.2) is 5.97 Å². The fourth-order valence-corrected chi connectivity index (χ4v) is 2.37. The lowest BCUT2D eigenvalue weighted by molar-refractivity contribution is 0.0473. The second-order valence-electron chi connectivity index (χ2n) is 4.77.